The number of nitrogens with two attached hydrogens (primary N) is 1. The minimum Gasteiger partial charge on any atom is -0.461 e. The van der Waals surface area contributed by atoms with Crippen molar-refractivity contribution in [3.63, 3.8) is 0 Å². The molecule has 0 aliphatic rings. The van der Waals surface area contributed by atoms with Gasteiger partial charge in [0.2, 0.25) is 0 Å². The van der Waals surface area contributed by atoms with Gasteiger partial charge in [0.25, 0.3) is 0 Å². The van der Waals surface area contributed by atoms with Crippen molar-refractivity contribution >= 4 is 17.0 Å². The van der Waals surface area contributed by atoms with Gasteiger partial charge in [0.15, 0.2) is 17.0 Å². The molecule has 0 atom stereocenters. The zero-order chi connectivity index (χ0) is 16.9. The summed E-state index contributed by atoms with van der Waals surface area (Å²) in [6, 6.07) is 9.68. The Hall–Kier alpha value is -3.18. The average Bonchev–Trinajstić information content (AvgIpc) is 2.99. The first kappa shape index (κ1) is 15.7. The number of fused-ring (bicyclic) bond motifs is 1. The molecule has 8 heteroatoms. The summed E-state index contributed by atoms with van der Waals surface area (Å²) in [5, 5.41) is 9.00. The van der Waals surface area contributed by atoms with Crippen LogP contribution in [0.25, 0.3) is 11.2 Å². The molecule has 0 fully saturated rings. The van der Waals surface area contributed by atoms with Gasteiger partial charge in [-0.15, -0.1) is 0 Å². The van der Waals surface area contributed by atoms with Crippen LogP contribution >= 0.6 is 0 Å². The van der Waals surface area contributed by atoms with E-state index in [0.29, 0.717) is 36.5 Å². The van der Waals surface area contributed by atoms with Gasteiger partial charge in [-0.2, -0.15) is 15.2 Å². The van der Waals surface area contributed by atoms with E-state index in [1.807, 2.05) is 22.8 Å². The van der Waals surface area contributed by atoms with Crippen molar-refractivity contribution in [1.82, 2.24) is 19.5 Å². The summed E-state index contributed by atoms with van der Waals surface area (Å²) >= 11 is 0. The van der Waals surface area contributed by atoms with Crippen LogP contribution in [0.1, 0.15) is 11.1 Å². The lowest BCUT2D eigenvalue weighted by molar-refractivity contribution is 0.141. The number of hydrogen-bond acceptors (Lipinski definition) is 7. The molecule has 0 radical (unpaired) electrons. The Morgan fingerprint density at radius 3 is 2.96 bits per heavy atom. The molecule has 0 saturated heterocycles. The normalized spacial score (nSPS) is 10.7. The van der Waals surface area contributed by atoms with Crippen LogP contribution in [0, 0.1) is 11.3 Å². The summed E-state index contributed by atoms with van der Waals surface area (Å²) < 4.78 is 12.2. The van der Waals surface area contributed by atoms with Crippen LogP contribution in [0.2, 0.25) is 0 Å². The smallest absolute Gasteiger partial charge is 0.320 e. The fraction of sp³-hybridized carbons (Fsp3) is 0.250. The van der Waals surface area contributed by atoms with Crippen LogP contribution < -0.4 is 10.5 Å². The predicted octanol–water partition coefficient (Wildman–Crippen LogP) is 1.35. The molecule has 122 valence electrons. The molecule has 0 unspecified atom stereocenters. The molecule has 3 aromatic rings. The van der Waals surface area contributed by atoms with Crippen LogP contribution in [0.4, 0.5) is 5.82 Å². The molecule has 0 aliphatic heterocycles. The first-order valence-electron chi connectivity index (χ1n) is 7.30. The second-order valence-electron chi connectivity index (χ2n) is 5.09. The highest BCUT2D eigenvalue weighted by Gasteiger charge is 2.12. The Morgan fingerprint density at radius 2 is 2.17 bits per heavy atom. The minimum absolute atomic E-state index is 0.185. The molecule has 0 spiro atoms. The Morgan fingerprint density at radius 1 is 1.29 bits per heavy atom. The van der Waals surface area contributed by atoms with E-state index in [0.717, 1.165) is 5.56 Å². The molecule has 0 saturated carbocycles. The van der Waals surface area contributed by atoms with Gasteiger partial charge in [-0.25, -0.2) is 4.98 Å². The quantitative estimate of drug-likeness (QED) is 0.681. The SMILES string of the molecule is COCCOc1nc(N)c2ncn(Cc3cccc(C#N)c3)c2n1. The maximum Gasteiger partial charge on any atom is 0.320 e. The van der Waals surface area contributed by atoms with Crippen LogP contribution in [-0.2, 0) is 11.3 Å². The number of hydrogen-bond donors (Lipinski definition) is 1. The first-order valence-corrected chi connectivity index (χ1v) is 7.30. The van der Waals surface area contributed by atoms with Crippen molar-refractivity contribution in [3.8, 4) is 12.1 Å². The number of nitrogens with zero attached hydrogens (tertiary/aromatic N) is 5. The van der Waals surface area contributed by atoms with Crippen molar-refractivity contribution in [2.75, 3.05) is 26.1 Å². The number of anilines is 1. The van der Waals surface area contributed by atoms with Crippen LogP contribution in [-0.4, -0.2) is 39.8 Å². The number of aromatic nitrogens is 4. The fourth-order valence-corrected chi connectivity index (χ4v) is 2.28. The molecule has 8 nitrogen and oxygen atoms in total. The molecule has 0 aliphatic carbocycles. The third-order valence-electron chi connectivity index (χ3n) is 3.40. The molecule has 0 amide bonds. The zero-order valence-electron chi connectivity index (χ0n) is 13.1. The average molecular weight is 324 g/mol. The van der Waals surface area contributed by atoms with E-state index in [2.05, 4.69) is 21.0 Å². The number of methoxy groups -OCH3 is 1. The van der Waals surface area contributed by atoms with E-state index < -0.39 is 0 Å². The lowest BCUT2D eigenvalue weighted by atomic mass is 10.1. The maximum atomic E-state index is 9.00. The monoisotopic (exact) mass is 324 g/mol. The Labute approximate surface area is 138 Å². The molecule has 2 aromatic heterocycles. The lowest BCUT2D eigenvalue weighted by Crippen LogP contribution is -2.09. The predicted molar refractivity (Wildman–Crippen MR) is 87.4 cm³/mol. The summed E-state index contributed by atoms with van der Waals surface area (Å²) in [6.45, 7) is 1.28. The van der Waals surface area contributed by atoms with Crippen molar-refractivity contribution in [2.24, 2.45) is 0 Å². The van der Waals surface area contributed by atoms with E-state index in [9.17, 15) is 0 Å². The van der Waals surface area contributed by atoms with Crippen molar-refractivity contribution in [3.05, 3.63) is 41.7 Å². The summed E-state index contributed by atoms with van der Waals surface area (Å²) in [7, 11) is 1.59. The van der Waals surface area contributed by atoms with Crippen LogP contribution in [0.3, 0.4) is 0 Å². The fourth-order valence-electron chi connectivity index (χ4n) is 2.28. The van der Waals surface area contributed by atoms with Crippen molar-refractivity contribution < 1.29 is 9.47 Å². The molecule has 2 N–H and O–H groups in total. The molecule has 1 aromatic carbocycles. The highest BCUT2D eigenvalue weighted by atomic mass is 16.5. The second-order valence-corrected chi connectivity index (χ2v) is 5.09. The van der Waals surface area contributed by atoms with E-state index in [1.54, 1.807) is 19.5 Å². The molecular weight excluding hydrogens is 308 g/mol. The van der Waals surface area contributed by atoms with Crippen LogP contribution in [0.15, 0.2) is 30.6 Å². The lowest BCUT2D eigenvalue weighted by Gasteiger charge is -2.07. The molecular formula is C16H16N6O2. The first-order chi connectivity index (χ1) is 11.7. The highest BCUT2D eigenvalue weighted by molar-refractivity contribution is 5.81. The third-order valence-corrected chi connectivity index (χ3v) is 3.40. The Kier molecular flexibility index (Phi) is 4.54. The number of imidazole rings is 1. The number of ether oxygens (including phenoxy) is 2. The minimum atomic E-state index is 0.185. The summed E-state index contributed by atoms with van der Waals surface area (Å²) in [6.07, 6.45) is 1.65. The molecule has 3 rings (SSSR count). The maximum absolute atomic E-state index is 9.00. The standard InChI is InChI=1S/C16H16N6O2/c1-23-5-6-24-16-20-14(18)13-15(21-16)22(10-19-13)9-12-4-2-3-11(7-12)8-17/h2-4,7,10H,5-6,9H2,1H3,(H2,18,20,21). The summed E-state index contributed by atoms with van der Waals surface area (Å²) in [5.74, 6) is 0.261. The molecule has 2 heterocycles. The van der Waals surface area contributed by atoms with Gasteiger partial charge in [-0.05, 0) is 17.7 Å². The van der Waals surface area contributed by atoms with Crippen molar-refractivity contribution in [2.45, 2.75) is 6.54 Å². The number of nitriles is 1. The van der Waals surface area contributed by atoms with E-state index in [-0.39, 0.29) is 11.8 Å². The second kappa shape index (κ2) is 6.93. The van der Waals surface area contributed by atoms with Crippen molar-refractivity contribution in [1.29, 1.82) is 5.26 Å². The number of nitrogen functional groups attached to an aromatic ring is 1. The number of benzene rings is 1. The number of rotatable bonds is 6. The van der Waals surface area contributed by atoms with Gasteiger partial charge < -0.3 is 19.8 Å². The van der Waals surface area contributed by atoms with Gasteiger partial charge in [-0.1, -0.05) is 12.1 Å². The summed E-state index contributed by atoms with van der Waals surface area (Å²) in [4.78, 5) is 12.7. The van der Waals surface area contributed by atoms with Crippen LogP contribution in [0.5, 0.6) is 6.01 Å². The van der Waals surface area contributed by atoms with Gasteiger partial charge in [0, 0.05) is 7.11 Å². The van der Waals surface area contributed by atoms with Gasteiger partial charge >= 0.3 is 6.01 Å². The highest BCUT2D eigenvalue weighted by Crippen LogP contribution is 2.20. The topological polar surface area (TPSA) is 112 Å². The van der Waals surface area contributed by atoms with Gasteiger partial charge in [0.05, 0.1) is 31.1 Å². The molecule has 24 heavy (non-hydrogen) atoms. The zero-order valence-corrected chi connectivity index (χ0v) is 13.1. The summed E-state index contributed by atoms with van der Waals surface area (Å²) in [5.41, 5.74) is 8.60. The largest absolute Gasteiger partial charge is 0.461 e. The van der Waals surface area contributed by atoms with Gasteiger partial charge in [0.1, 0.15) is 6.61 Å². The van der Waals surface area contributed by atoms with E-state index in [4.69, 9.17) is 20.5 Å². The Bertz CT molecular complexity index is 899. The molecule has 0 bridgehead atoms. The third kappa shape index (κ3) is 3.26. The Balaban J connectivity index is 1.91. The van der Waals surface area contributed by atoms with Gasteiger partial charge in [-0.3, -0.25) is 0 Å². The van der Waals surface area contributed by atoms with E-state index >= 15 is 0 Å². The van der Waals surface area contributed by atoms with E-state index in [1.165, 1.54) is 0 Å².